The van der Waals surface area contributed by atoms with Gasteiger partial charge in [0.25, 0.3) is 0 Å². The van der Waals surface area contributed by atoms with Crippen LogP contribution in [0.4, 0.5) is 5.69 Å². The smallest absolute Gasteiger partial charge is 0.226 e. The highest BCUT2D eigenvalue weighted by molar-refractivity contribution is 7.11. The third-order valence-corrected chi connectivity index (χ3v) is 8.76. The Hall–Kier alpha value is -5.08. The number of aryl methyl sites for hydroxylation is 2. The van der Waals surface area contributed by atoms with Gasteiger partial charge in [0.05, 0.1) is 18.3 Å². The predicted molar refractivity (Wildman–Crippen MR) is 183 cm³/mol. The van der Waals surface area contributed by atoms with Gasteiger partial charge in [-0.3, -0.25) is 4.79 Å². The van der Waals surface area contributed by atoms with Gasteiger partial charge in [0.2, 0.25) is 5.89 Å². The lowest BCUT2D eigenvalue weighted by Gasteiger charge is -2.20. The molecular weight excluding hydrogens is 593 g/mol. The van der Waals surface area contributed by atoms with Gasteiger partial charge in [-0.1, -0.05) is 91.1 Å². The minimum Gasteiger partial charge on any atom is -0.493 e. The fourth-order valence-corrected chi connectivity index (χ4v) is 6.24. The van der Waals surface area contributed by atoms with Crippen LogP contribution in [0, 0.1) is 6.92 Å². The van der Waals surface area contributed by atoms with Crippen molar-refractivity contribution in [2.75, 3.05) is 11.9 Å². The summed E-state index contributed by atoms with van der Waals surface area (Å²) < 4.78 is 12.0. The first-order valence-electron chi connectivity index (χ1n) is 15.6. The molecule has 0 unspecified atom stereocenters. The Bertz CT molecular complexity index is 1870. The zero-order chi connectivity index (χ0) is 31.7. The van der Waals surface area contributed by atoms with Crippen LogP contribution in [-0.2, 0) is 19.3 Å². The van der Waals surface area contributed by atoms with E-state index in [4.69, 9.17) is 9.15 Å². The zero-order valence-corrected chi connectivity index (χ0v) is 26.8. The van der Waals surface area contributed by atoms with Crippen LogP contribution in [0.3, 0.4) is 0 Å². The molecule has 0 aliphatic heterocycles. The predicted octanol–water partition coefficient (Wildman–Crippen LogP) is 8.70. The van der Waals surface area contributed by atoms with Crippen LogP contribution in [0.1, 0.15) is 62.3 Å². The summed E-state index contributed by atoms with van der Waals surface area (Å²) in [5.74, 6) is 2.20. The first-order valence-corrected chi connectivity index (χ1v) is 16.4. The summed E-state index contributed by atoms with van der Waals surface area (Å²) in [5, 5.41) is 14.6. The Morgan fingerprint density at radius 1 is 0.870 bits per heavy atom. The molecule has 1 atom stereocenters. The molecule has 6 rings (SSSR count). The monoisotopic (exact) mass is 628 g/mol. The molecule has 2 aromatic heterocycles. The Morgan fingerprint density at radius 3 is 2.35 bits per heavy atom. The van der Waals surface area contributed by atoms with Crippen molar-refractivity contribution in [3.8, 4) is 17.2 Å². The van der Waals surface area contributed by atoms with Gasteiger partial charge in [-0.2, -0.15) is 0 Å². The Kier molecular flexibility index (Phi) is 9.95. The third-order valence-electron chi connectivity index (χ3n) is 7.67. The van der Waals surface area contributed by atoms with Crippen LogP contribution in [-0.4, -0.2) is 27.6 Å². The Labute approximate surface area is 273 Å². The molecule has 7 nitrogen and oxygen atoms in total. The number of oxazole rings is 1. The first-order chi connectivity index (χ1) is 22.6. The number of nitrogens with one attached hydrogen (secondary N) is 1. The quantitative estimate of drug-likeness (QED) is 0.121. The van der Waals surface area contributed by atoms with Gasteiger partial charge in [-0.15, -0.1) is 10.2 Å². The van der Waals surface area contributed by atoms with Crippen LogP contribution < -0.4 is 10.1 Å². The number of nitrogens with zero attached hydrogens (tertiary/aromatic N) is 3. The fourth-order valence-electron chi connectivity index (χ4n) is 5.25. The van der Waals surface area contributed by atoms with E-state index in [1.165, 1.54) is 0 Å². The minimum absolute atomic E-state index is 0.0232. The van der Waals surface area contributed by atoms with E-state index in [2.05, 4.69) is 39.6 Å². The van der Waals surface area contributed by atoms with Gasteiger partial charge < -0.3 is 14.5 Å². The number of carbonyl (C=O) groups is 1. The van der Waals surface area contributed by atoms with Crippen molar-refractivity contribution in [3.05, 3.63) is 147 Å². The molecule has 0 amide bonds. The van der Waals surface area contributed by atoms with Crippen molar-refractivity contribution in [3.63, 3.8) is 0 Å². The maximum Gasteiger partial charge on any atom is 0.226 e. The summed E-state index contributed by atoms with van der Waals surface area (Å²) in [5.41, 5.74) is 5.02. The number of ether oxygens (including phenoxy) is 1. The fraction of sp³-hybridized carbons (Fsp3) is 0.211. The molecule has 0 aliphatic carbocycles. The number of rotatable bonds is 14. The Balaban J connectivity index is 1.14. The molecule has 6 aromatic rings. The number of hydrogen-bond donors (Lipinski definition) is 1. The van der Waals surface area contributed by atoms with Gasteiger partial charge in [-0.05, 0) is 61.7 Å². The maximum absolute atomic E-state index is 13.4. The normalized spacial score (nSPS) is 11.7. The highest BCUT2D eigenvalue weighted by atomic mass is 32.1. The second-order valence-corrected chi connectivity index (χ2v) is 12.1. The number of benzene rings is 4. The lowest BCUT2D eigenvalue weighted by molar-refractivity contribution is 0.103. The van der Waals surface area contributed by atoms with E-state index < -0.39 is 0 Å². The number of hydrogen-bond acceptors (Lipinski definition) is 8. The molecular formula is C38H36N4O3S. The van der Waals surface area contributed by atoms with Crippen LogP contribution >= 0.6 is 11.3 Å². The molecule has 46 heavy (non-hydrogen) atoms. The van der Waals surface area contributed by atoms with Crippen molar-refractivity contribution in [2.45, 2.75) is 45.6 Å². The largest absolute Gasteiger partial charge is 0.493 e. The van der Waals surface area contributed by atoms with Crippen LogP contribution in [0.2, 0.25) is 0 Å². The van der Waals surface area contributed by atoms with E-state index in [-0.39, 0.29) is 11.8 Å². The second-order valence-electron chi connectivity index (χ2n) is 11.1. The molecule has 0 aliphatic rings. The van der Waals surface area contributed by atoms with Gasteiger partial charge in [-0.25, -0.2) is 4.98 Å². The summed E-state index contributed by atoms with van der Waals surface area (Å²) in [7, 11) is 0. The second kappa shape index (κ2) is 14.8. The van der Waals surface area contributed by atoms with Crippen molar-refractivity contribution in [1.29, 1.82) is 0 Å². The van der Waals surface area contributed by atoms with Gasteiger partial charge in [0.1, 0.15) is 21.5 Å². The molecule has 0 radical (unpaired) electrons. The standard InChI is InChI=1S/C38H36N4O3S/c1-3-12-35-41-42-38(46-35)34(39-33-18-11-10-17-31(33)36(43)28-13-6-4-7-14-28)25-27-19-21-30(22-20-27)44-24-23-32-26(2)45-37(40-32)29-15-8-5-9-16-29/h4-11,13-22,34,39H,3,12,23-25H2,1-2H3/t34-/m0/s1. The highest BCUT2D eigenvalue weighted by Gasteiger charge is 2.21. The van der Waals surface area contributed by atoms with E-state index in [0.29, 0.717) is 36.5 Å². The first kappa shape index (κ1) is 30.9. The molecule has 0 fully saturated rings. The van der Waals surface area contributed by atoms with Crippen LogP contribution in [0.25, 0.3) is 11.5 Å². The number of aromatic nitrogens is 3. The zero-order valence-electron chi connectivity index (χ0n) is 26.0. The highest BCUT2D eigenvalue weighted by Crippen LogP contribution is 2.30. The van der Waals surface area contributed by atoms with Gasteiger partial charge >= 0.3 is 0 Å². The molecule has 0 saturated heterocycles. The van der Waals surface area contributed by atoms with Crippen LogP contribution in [0.15, 0.2) is 114 Å². The average Bonchev–Trinajstić information content (AvgIpc) is 3.72. The lowest BCUT2D eigenvalue weighted by Crippen LogP contribution is -2.16. The molecule has 1 N–H and O–H groups in total. The minimum atomic E-state index is -0.173. The Morgan fingerprint density at radius 2 is 1.59 bits per heavy atom. The number of anilines is 1. The molecule has 0 bridgehead atoms. The third kappa shape index (κ3) is 7.58. The lowest BCUT2D eigenvalue weighted by atomic mass is 10.00. The van der Waals surface area contributed by atoms with Crippen molar-refractivity contribution in [1.82, 2.24) is 15.2 Å². The molecule has 2 heterocycles. The van der Waals surface area contributed by atoms with Crippen LogP contribution in [0.5, 0.6) is 5.75 Å². The van der Waals surface area contributed by atoms with Crippen molar-refractivity contribution < 1.29 is 13.9 Å². The summed E-state index contributed by atoms with van der Waals surface area (Å²) >= 11 is 1.62. The van der Waals surface area contributed by atoms with E-state index in [1.807, 2.05) is 104 Å². The van der Waals surface area contributed by atoms with Gasteiger partial charge in [0.15, 0.2) is 5.78 Å². The topological polar surface area (TPSA) is 90.1 Å². The van der Waals surface area contributed by atoms with E-state index in [1.54, 1.807) is 11.3 Å². The number of ketones is 1. The van der Waals surface area contributed by atoms with Crippen molar-refractivity contribution in [2.24, 2.45) is 0 Å². The summed E-state index contributed by atoms with van der Waals surface area (Å²) in [6.07, 6.45) is 3.21. The van der Waals surface area contributed by atoms with E-state index in [0.717, 1.165) is 56.9 Å². The maximum atomic E-state index is 13.4. The average molecular weight is 629 g/mol. The van der Waals surface area contributed by atoms with Gasteiger partial charge in [0, 0.05) is 35.2 Å². The van der Waals surface area contributed by atoms with E-state index >= 15 is 0 Å². The van der Waals surface area contributed by atoms with E-state index in [9.17, 15) is 4.79 Å². The molecule has 8 heteroatoms. The summed E-state index contributed by atoms with van der Waals surface area (Å²) in [6, 6.07) is 34.9. The summed E-state index contributed by atoms with van der Waals surface area (Å²) in [6.45, 7) is 4.57. The molecule has 4 aromatic carbocycles. The molecule has 0 spiro atoms. The SMILES string of the molecule is CCCc1nnc([C@H](Cc2ccc(OCCc3nc(-c4ccccc4)oc3C)cc2)Nc2ccccc2C(=O)c2ccccc2)s1. The van der Waals surface area contributed by atoms with Crippen molar-refractivity contribution >= 4 is 22.8 Å². The molecule has 0 saturated carbocycles. The summed E-state index contributed by atoms with van der Waals surface area (Å²) in [4.78, 5) is 18.1. The number of para-hydroxylation sites is 1. The number of carbonyl (C=O) groups excluding carboxylic acids is 1. The molecule has 232 valence electrons.